The van der Waals surface area contributed by atoms with Crippen molar-refractivity contribution in [1.29, 1.82) is 0 Å². The molecular formula is C23H24N2O5S. The molecule has 1 aliphatic rings. The van der Waals surface area contributed by atoms with Crippen LogP contribution in [0.15, 0.2) is 65.9 Å². The Kier molecular flexibility index (Phi) is 7.38. The summed E-state index contributed by atoms with van der Waals surface area (Å²) >= 11 is 5.64. The molecule has 3 rings (SSSR count). The van der Waals surface area contributed by atoms with Gasteiger partial charge in [0.1, 0.15) is 6.61 Å². The predicted octanol–water partition coefficient (Wildman–Crippen LogP) is 3.37. The number of nitrogens with zero attached hydrogens (tertiary/aromatic N) is 1. The summed E-state index contributed by atoms with van der Waals surface area (Å²) < 4.78 is 15.4. The van der Waals surface area contributed by atoms with E-state index in [9.17, 15) is 9.59 Å². The Morgan fingerprint density at radius 2 is 1.68 bits per heavy atom. The molecule has 7 nitrogen and oxygen atoms in total. The van der Waals surface area contributed by atoms with Crippen LogP contribution in [0.4, 0.5) is 5.69 Å². The maximum atomic E-state index is 13.1. The third-order valence-corrected chi connectivity index (χ3v) is 5.22. The van der Waals surface area contributed by atoms with E-state index in [1.54, 1.807) is 36.1 Å². The van der Waals surface area contributed by atoms with E-state index < -0.39 is 18.0 Å². The molecule has 1 aliphatic heterocycles. The number of anilines is 1. The number of benzene rings is 2. The van der Waals surface area contributed by atoms with E-state index in [0.717, 1.165) is 5.69 Å². The smallest absolute Gasteiger partial charge is 0.338 e. The van der Waals surface area contributed by atoms with E-state index in [4.69, 9.17) is 26.4 Å². The summed E-state index contributed by atoms with van der Waals surface area (Å²) in [6.07, 6.45) is 0. The quantitative estimate of drug-likeness (QED) is 0.399. The van der Waals surface area contributed by atoms with Crippen molar-refractivity contribution in [2.45, 2.75) is 13.0 Å². The molecular weight excluding hydrogens is 416 g/mol. The SMILES string of the molecule is COCCOC(=O)C1=C(C)N(c2ccccc2)C(=S)NC1c1ccccc1C(=O)OC. The lowest BCUT2D eigenvalue weighted by atomic mass is 9.91. The van der Waals surface area contributed by atoms with Crippen molar-refractivity contribution in [2.24, 2.45) is 0 Å². The van der Waals surface area contributed by atoms with Crippen molar-refractivity contribution in [2.75, 3.05) is 32.3 Å². The molecule has 1 unspecified atom stereocenters. The molecule has 162 valence electrons. The molecule has 0 radical (unpaired) electrons. The first-order chi connectivity index (χ1) is 15.0. The van der Waals surface area contributed by atoms with Crippen molar-refractivity contribution in [3.05, 3.63) is 77.0 Å². The fourth-order valence-electron chi connectivity index (χ4n) is 3.47. The zero-order valence-electron chi connectivity index (χ0n) is 17.6. The number of methoxy groups -OCH3 is 2. The first-order valence-electron chi connectivity index (χ1n) is 9.69. The minimum Gasteiger partial charge on any atom is -0.465 e. The normalized spacial score (nSPS) is 16.0. The molecule has 0 fully saturated rings. The van der Waals surface area contributed by atoms with Gasteiger partial charge in [0, 0.05) is 18.5 Å². The van der Waals surface area contributed by atoms with E-state index in [0.29, 0.717) is 27.5 Å². The minimum atomic E-state index is -0.683. The summed E-state index contributed by atoms with van der Waals surface area (Å²) in [5.41, 5.74) is 2.68. The molecule has 8 heteroatoms. The average Bonchev–Trinajstić information content (AvgIpc) is 2.79. The van der Waals surface area contributed by atoms with Gasteiger partial charge in [-0.3, -0.25) is 4.90 Å². The monoisotopic (exact) mass is 440 g/mol. The highest BCUT2D eigenvalue weighted by atomic mass is 32.1. The van der Waals surface area contributed by atoms with Gasteiger partial charge in [-0.1, -0.05) is 36.4 Å². The second kappa shape index (κ2) is 10.2. The maximum absolute atomic E-state index is 13.1. The maximum Gasteiger partial charge on any atom is 0.338 e. The fraction of sp³-hybridized carbons (Fsp3) is 0.261. The number of esters is 2. The zero-order chi connectivity index (χ0) is 22.4. The van der Waals surface area contributed by atoms with Gasteiger partial charge in [0.05, 0.1) is 30.9 Å². The number of para-hydroxylation sites is 1. The van der Waals surface area contributed by atoms with Crippen LogP contribution in [0.5, 0.6) is 0 Å². The molecule has 0 saturated carbocycles. The van der Waals surface area contributed by atoms with E-state index in [1.165, 1.54) is 14.2 Å². The van der Waals surface area contributed by atoms with E-state index >= 15 is 0 Å². The molecule has 0 spiro atoms. The molecule has 0 saturated heterocycles. The Bertz CT molecular complexity index is 1010. The van der Waals surface area contributed by atoms with Crippen molar-refractivity contribution in [1.82, 2.24) is 5.32 Å². The molecule has 0 aliphatic carbocycles. The number of allylic oxidation sites excluding steroid dienone is 1. The highest BCUT2D eigenvalue weighted by Crippen LogP contribution is 2.35. The Hall–Kier alpha value is -3.23. The summed E-state index contributed by atoms with van der Waals surface area (Å²) in [5, 5.41) is 3.62. The molecule has 1 atom stereocenters. The number of rotatable bonds is 7. The summed E-state index contributed by atoms with van der Waals surface area (Å²) in [7, 11) is 2.85. The third kappa shape index (κ3) is 4.76. The lowest BCUT2D eigenvalue weighted by molar-refractivity contribution is -0.140. The minimum absolute atomic E-state index is 0.104. The van der Waals surface area contributed by atoms with Crippen LogP contribution in [0.2, 0.25) is 0 Å². The van der Waals surface area contributed by atoms with Crippen LogP contribution in [0.1, 0.15) is 28.9 Å². The second-order valence-electron chi connectivity index (χ2n) is 6.76. The number of hydrogen-bond donors (Lipinski definition) is 1. The van der Waals surface area contributed by atoms with E-state index in [-0.39, 0.29) is 13.2 Å². The van der Waals surface area contributed by atoms with Gasteiger partial charge in [0.15, 0.2) is 5.11 Å². The standard InChI is InChI=1S/C23H24N2O5S/c1-15-19(22(27)30-14-13-28-2)20(17-11-7-8-12-18(17)21(26)29-3)24-23(31)25(15)16-9-5-4-6-10-16/h4-12,20H,13-14H2,1-3H3,(H,24,31). The van der Waals surface area contributed by atoms with Crippen molar-refractivity contribution in [3.8, 4) is 0 Å². The molecule has 2 aromatic carbocycles. The van der Waals surface area contributed by atoms with Crippen LogP contribution in [-0.4, -0.2) is 44.5 Å². The van der Waals surface area contributed by atoms with Crippen molar-refractivity contribution in [3.63, 3.8) is 0 Å². The second-order valence-corrected chi connectivity index (χ2v) is 7.15. The summed E-state index contributed by atoms with van der Waals surface area (Å²) in [6.45, 7) is 2.18. The van der Waals surface area contributed by atoms with Crippen molar-refractivity contribution < 1.29 is 23.8 Å². The molecule has 0 bridgehead atoms. The number of carbonyl (C=O) groups excluding carboxylic acids is 2. The van der Waals surface area contributed by atoms with Crippen LogP contribution >= 0.6 is 12.2 Å². The fourth-order valence-corrected chi connectivity index (χ4v) is 3.83. The largest absolute Gasteiger partial charge is 0.465 e. The van der Waals surface area contributed by atoms with Crippen LogP contribution in [-0.2, 0) is 19.0 Å². The topological polar surface area (TPSA) is 77.1 Å². The van der Waals surface area contributed by atoms with Gasteiger partial charge in [0.2, 0.25) is 0 Å². The number of carbonyl (C=O) groups is 2. The number of nitrogens with one attached hydrogen (secondary N) is 1. The Morgan fingerprint density at radius 3 is 2.35 bits per heavy atom. The first-order valence-corrected chi connectivity index (χ1v) is 10.1. The van der Waals surface area contributed by atoms with Crippen LogP contribution < -0.4 is 10.2 Å². The summed E-state index contributed by atoms with van der Waals surface area (Å²) in [6, 6.07) is 15.7. The average molecular weight is 441 g/mol. The molecule has 31 heavy (non-hydrogen) atoms. The molecule has 0 amide bonds. The third-order valence-electron chi connectivity index (χ3n) is 4.92. The van der Waals surface area contributed by atoms with Gasteiger partial charge in [-0.25, -0.2) is 9.59 Å². The highest BCUT2D eigenvalue weighted by molar-refractivity contribution is 7.80. The van der Waals surface area contributed by atoms with Gasteiger partial charge in [0.25, 0.3) is 0 Å². The lowest BCUT2D eigenvalue weighted by Gasteiger charge is -2.38. The molecule has 2 aromatic rings. The predicted molar refractivity (Wildman–Crippen MR) is 121 cm³/mol. The van der Waals surface area contributed by atoms with E-state index in [2.05, 4.69) is 5.32 Å². The summed E-state index contributed by atoms with van der Waals surface area (Å²) in [4.78, 5) is 27.3. The van der Waals surface area contributed by atoms with Crippen LogP contribution in [0, 0.1) is 0 Å². The van der Waals surface area contributed by atoms with Gasteiger partial charge in [-0.2, -0.15) is 0 Å². The number of ether oxygens (including phenoxy) is 3. The molecule has 1 heterocycles. The van der Waals surface area contributed by atoms with Gasteiger partial charge in [-0.05, 0) is 42.9 Å². The van der Waals surface area contributed by atoms with Gasteiger partial charge in [-0.15, -0.1) is 0 Å². The van der Waals surface area contributed by atoms with E-state index in [1.807, 2.05) is 30.3 Å². The van der Waals surface area contributed by atoms with Crippen molar-refractivity contribution >= 4 is 35.0 Å². The number of hydrogen-bond acceptors (Lipinski definition) is 6. The highest BCUT2D eigenvalue weighted by Gasteiger charge is 2.37. The Morgan fingerprint density at radius 1 is 1.00 bits per heavy atom. The van der Waals surface area contributed by atoms with Crippen LogP contribution in [0.25, 0.3) is 0 Å². The van der Waals surface area contributed by atoms with Crippen LogP contribution in [0.3, 0.4) is 0 Å². The Balaban J connectivity index is 2.13. The summed E-state index contributed by atoms with van der Waals surface area (Å²) in [5.74, 6) is -1.02. The lowest BCUT2D eigenvalue weighted by Crippen LogP contribution is -2.48. The number of thiocarbonyl (C=S) groups is 1. The molecule has 1 N–H and O–H groups in total. The van der Waals surface area contributed by atoms with Gasteiger partial charge >= 0.3 is 11.9 Å². The van der Waals surface area contributed by atoms with Gasteiger partial charge < -0.3 is 19.5 Å². The zero-order valence-corrected chi connectivity index (χ0v) is 18.4. The first kappa shape index (κ1) is 22.5. The Labute approximate surface area is 186 Å². The molecule has 0 aromatic heterocycles.